The lowest BCUT2D eigenvalue weighted by molar-refractivity contribution is 0.178. The molecule has 0 saturated carbocycles. The van der Waals surface area contributed by atoms with E-state index in [0.29, 0.717) is 5.41 Å². The molecular weight excluding hydrogens is 160 g/mol. The summed E-state index contributed by atoms with van der Waals surface area (Å²) < 4.78 is 0. The summed E-state index contributed by atoms with van der Waals surface area (Å²) in [5.74, 6) is 0. The molecule has 0 bridgehead atoms. The van der Waals surface area contributed by atoms with E-state index in [4.69, 9.17) is 0 Å². The SMILES string of the molecule is CN1CCCC2(CCCNC2)CC1. The second kappa shape index (κ2) is 3.97. The molecule has 76 valence electrons. The maximum Gasteiger partial charge on any atom is 0.000830 e. The van der Waals surface area contributed by atoms with Gasteiger partial charge in [-0.15, -0.1) is 0 Å². The van der Waals surface area contributed by atoms with Gasteiger partial charge in [-0.1, -0.05) is 0 Å². The van der Waals surface area contributed by atoms with Crippen LogP contribution in [0.2, 0.25) is 0 Å². The van der Waals surface area contributed by atoms with Crippen molar-refractivity contribution in [2.75, 3.05) is 33.2 Å². The third kappa shape index (κ3) is 2.23. The fourth-order valence-electron chi connectivity index (χ4n) is 2.85. The van der Waals surface area contributed by atoms with Crippen LogP contribution in [0.1, 0.15) is 32.1 Å². The number of piperidine rings is 1. The number of nitrogens with one attached hydrogen (secondary N) is 1. The fourth-order valence-corrected chi connectivity index (χ4v) is 2.85. The monoisotopic (exact) mass is 182 g/mol. The molecule has 0 aromatic carbocycles. The highest BCUT2D eigenvalue weighted by Crippen LogP contribution is 2.36. The number of hydrogen-bond donors (Lipinski definition) is 1. The minimum Gasteiger partial charge on any atom is -0.316 e. The average molecular weight is 182 g/mol. The van der Waals surface area contributed by atoms with Gasteiger partial charge in [0.25, 0.3) is 0 Å². The summed E-state index contributed by atoms with van der Waals surface area (Å²) in [6, 6.07) is 0. The van der Waals surface area contributed by atoms with Crippen LogP contribution in [0.5, 0.6) is 0 Å². The largest absolute Gasteiger partial charge is 0.316 e. The van der Waals surface area contributed by atoms with E-state index in [2.05, 4.69) is 17.3 Å². The summed E-state index contributed by atoms with van der Waals surface area (Å²) in [5.41, 5.74) is 0.670. The molecule has 1 N–H and O–H groups in total. The summed E-state index contributed by atoms with van der Waals surface area (Å²) in [6.07, 6.45) is 7.12. The van der Waals surface area contributed by atoms with Crippen LogP contribution in [0.4, 0.5) is 0 Å². The van der Waals surface area contributed by atoms with Gasteiger partial charge in [0, 0.05) is 6.54 Å². The van der Waals surface area contributed by atoms with E-state index in [0.717, 1.165) is 0 Å². The van der Waals surface area contributed by atoms with Crippen molar-refractivity contribution >= 4 is 0 Å². The third-order valence-corrected chi connectivity index (χ3v) is 3.83. The standard InChI is InChI=1S/C11H22N2/c1-13-8-3-5-11(6-9-13)4-2-7-12-10-11/h12H,2-10H2,1H3. The van der Waals surface area contributed by atoms with Gasteiger partial charge in [0.15, 0.2) is 0 Å². The Hall–Kier alpha value is -0.0800. The smallest absolute Gasteiger partial charge is 0.000830 e. The number of nitrogens with zero attached hydrogens (tertiary/aromatic N) is 1. The van der Waals surface area contributed by atoms with Crippen molar-refractivity contribution in [3.63, 3.8) is 0 Å². The van der Waals surface area contributed by atoms with Crippen molar-refractivity contribution in [3.8, 4) is 0 Å². The molecule has 2 saturated heterocycles. The number of likely N-dealkylation sites (tertiary alicyclic amines) is 1. The van der Waals surface area contributed by atoms with Crippen molar-refractivity contribution in [2.24, 2.45) is 5.41 Å². The summed E-state index contributed by atoms with van der Waals surface area (Å²) in [5, 5.41) is 3.57. The molecule has 0 aliphatic carbocycles. The Morgan fingerprint density at radius 3 is 2.69 bits per heavy atom. The van der Waals surface area contributed by atoms with Gasteiger partial charge in [-0.05, 0) is 64.2 Å². The van der Waals surface area contributed by atoms with Crippen LogP contribution in [-0.2, 0) is 0 Å². The fraction of sp³-hybridized carbons (Fsp3) is 1.00. The second-order valence-electron chi connectivity index (χ2n) is 4.94. The van der Waals surface area contributed by atoms with Gasteiger partial charge in [-0.25, -0.2) is 0 Å². The lowest BCUT2D eigenvalue weighted by atomic mass is 9.75. The first kappa shape index (κ1) is 9.47. The van der Waals surface area contributed by atoms with Crippen LogP contribution < -0.4 is 5.32 Å². The summed E-state index contributed by atoms with van der Waals surface area (Å²) in [4.78, 5) is 2.49. The molecule has 2 aliphatic rings. The topological polar surface area (TPSA) is 15.3 Å². The molecule has 0 radical (unpaired) electrons. The van der Waals surface area contributed by atoms with Crippen molar-refractivity contribution in [1.29, 1.82) is 0 Å². The van der Waals surface area contributed by atoms with Gasteiger partial charge in [-0.2, -0.15) is 0 Å². The van der Waals surface area contributed by atoms with Crippen molar-refractivity contribution in [3.05, 3.63) is 0 Å². The Morgan fingerprint density at radius 2 is 1.92 bits per heavy atom. The second-order valence-corrected chi connectivity index (χ2v) is 4.94. The normalized spacial score (nSPS) is 37.6. The molecule has 1 atom stereocenters. The van der Waals surface area contributed by atoms with Gasteiger partial charge in [0.05, 0.1) is 0 Å². The molecule has 0 aromatic rings. The van der Waals surface area contributed by atoms with Gasteiger partial charge < -0.3 is 10.2 Å². The summed E-state index contributed by atoms with van der Waals surface area (Å²) >= 11 is 0. The number of hydrogen-bond acceptors (Lipinski definition) is 2. The maximum absolute atomic E-state index is 3.57. The van der Waals surface area contributed by atoms with Crippen molar-refractivity contribution < 1.29 is 0 Å². The molecular formula is C11H22N2. The van der Waals surface area contributed by atoms with E-state index in [1.165, 1.54) is 58.3 Å². The molecule has 2 nitrogen and oxygen atoms in total. The first-order valence-electron chi connectivity index (χ1n) is 5.70. The van der Waals surface area contributed by atoms with Gasteiger partial charge in [0.1, 0.15) is 0 Å². The minimum absolute atomic E-state index is 0.670. The molecule has 1 unspecified atom stereocenters. The average Bonchev–Trinajstić information content (AvgIpc) is 2.32. The highest BCUT2D eigenvalue weighted by Gasteiger charge is 2.32. The van der Waals surface area contributed by atoms with Crippen molar-refractivity contribution in [1.82, 2.24) is 10.2 Å². The van der Waals surface area contributed by atoms with Crippen LogP contribution in [-0.4, -0.2) is 38.1 Å². The van der Waals surface area contributed by atoms with E-state index in [-0.39, 0.29) is 0 Å². The number of rotatable bonds is 0. The van der Waals surface area contributed by atoms with Crippen LogP contribution in [0.25, 0.3) is 0 Å². The van der Waals surface area contributed by atoms with E-state index < -0.39 is 0 Å². The zero-order valence-electron chi connectivity index (χ0n) is 8.81. The Bertz CT molecular complexity index is 161. The molecule has 2 aliphatic heterocycles. The Labute approximate surface area is 81.7 Å². The zero-order chi connectivity index (χ0) is 9.15. The molecule has 1 spiro atoms. The Kier molecular flexibility index (Phi) is 2.89. The molecule has 2 heteroatoms. The van der Waals surface area contributed by atoms with Gasteiger partial charge in [0.2, 0.25) is 0 Å². The molecule has 13 heavy (non-hydrogen) atoms. The first-order valence-corrected chi connectivity index (χ1v) is 5.70. The van der Waals surface area contributed by atoms with E-state index >= 15 is 0 Å². The highest BCUT2D eigenvalue weighted by atomic mass is 15.1. The van der Waals surface area contributed by atoms with E-state index in [1.54, 1.807) is 0 Å². The predicted octanol–water partition coefficient (Wildman–Crippen LogP) is 1.47. The summed E-state index contributed by atoms with van der Waals surface area (Å²) in [7, 11) is 2.26. The molecule has 2 rings (SSSR count). The lowest BCUT2D eigenvalue weighted by Gasteiger charge is -2.37. The predicted molar refractivity (Wildman–Crippen MR) is 55.9 cm³/mol. The molecule has 0 aromatic heterocycles. The molecule has 0 amide bonds. The van der Waals surface area contributed by atoms with E-state index in [1.807, 2.05) is 0 Å². The molecule has 2 heterocycles. The zero-order valence-corrected chi connectivity index (χ0v) is 8.81. The van der Waals surface area contributed by atoms with E-state index in [9.17, 15) is 0 Å². The molecule has 2 fully saturated rings. The van der Waals surface area contributed by atoms with Crippen LogP contribution >= 0.6 is 0 Å². The van der Waals surface area contributed by atoms with Crippen molar-refractivity contribution in [2.45, 2.75) is 32.1 Å². The van der Waals surface area contributed by atoms with Gasteiger partial charge >= 0.3 is 0 Å². The lowest BCUT2D eigenvalue weighted by Crippen LogP contribution is -2.40. The van der Waals surface area contributed by atoms with Crippen LogP contribution in [0.3, 0.4) is 0 Å². The van der Waals surface area contributed by atoms with Gasteiger partial charge in [-0.3, -0.25) is 0 Å². The summed E-state index contributed by atoms with van der Waals surface area (Å²) in [6.45, 7) is 5.14. The Balaban J connectivity index is 1.95. The highest BCUT2D eigenvalue weighted by molar-refractivity contribution is 4.88. The maximum atomic E-state index is 3.57. The van der Waals surface area contributed by atoms with Crippen LogP contribution in [0.15, 0.2) is 0 Å². The third-order valence-electron chi connectivity index (χ3n) is 3.83. The quantitative estimate of drug-likeness (QED) is 0.610. The first-order chi connectivity index (χ1) is 6.31. The minimum atomic E-state index is 0.670. The Morgan fingerprint density at radius 1 is 1.08 bits per heavy atom. The van der Waals surface area contributed by atoms with Crippen LogP contribution in [0, 0.1) is 5.41 Å².